The van der Waals surface area contributed by atoms with Gasteiger partial charge >= 0.3 is 0 Å². The molecule has 21 heavy (non-hydrogen) atoms. The molecule has 0 unspecified atom stereocenters. The average molecular weight is 287 g/mol. The topological polar surface area (TPSA) is 76.7 Å². The highest BCUT2D eigenvalue weighted by Gasteiger charge is 2.07. The maximum Gasteiger partial charge on any atom is 0.220 e. The smallest absolute Gasteiger partial charge is 0.220 e. The third kappa shape index (κ3) is 2.58. The first-order valence-electron chi connectivity index (χ1n) is 6.16. The quantitative estimate of drug-likeness (QED) is 0.757. The van der Waals surface area contributed by atoms with Gasteiger partial charge in [0.1, 0.15) is 11.3 Å². The van der Waals surface area contributed by atoms with Gasteiger partial charge in [-0.3, -0.25) is 0 Å². The summed E-state index contributed by atoms with van der Waals surface area (Å²) in [5.74, 6) is -1.16. The molecule has 5 nitrogen and oxygen atoms in total. The van der Waals surface area contributed by atoms with Crippen LogP contribution in [0.3, 0.4) is 0 Å². The third-order valence-corrected chi connectivity index (χ3v) is 2.93. The van der Waals surface area contributed by atoms with Crippen LogP contribution in [-0.4, -0.2) is 15.0 Å². The standard InChI is InChI=1S/C14H11F2N5/c1-7-13-11(20-14(17)18-7)4-5-12(21-13)19-8-2-3-9(15)10(16)6-8/h2-6H,1H3,(H,19,21)(H2,17,18,20). The summed E-state index contributed by atoms with van der Waals surface area (Å²) in [5, 5.41) is 2.90. The Morgan fingerprint density at radius 3 is 2.57 bits per heavy atom. The third-order valence-electron chi connectivity index (χ3n) is 2.93. The number of nitrogen functional groups attached to an aromatic ring is 1. The van der Waals surface area contributed by atoms with Crippen LogP contribution < -0.4 is 11.1 Å². The summed E-state index contributed by atoms with van der Waals surface area (Å²) >= 11 is 0. The lowest BCUT2D eigenvalue weighted by Gasteiger charge is -2.08. The summed E-state index contributed by atoms with van der Waals surface area (Å²) in [6.45, 7) is 1.77. The van der Waals surface area contributed by atoms with Crippen molar-refractivity contribution in [1.29, 1.82) is 0 Å². The number of halogens is 2. The van der Waals surface area contributed by atoms with Crippen molar-refractivity contribution >= 4 is 28.5 Å². The molecular formula is C14H11F2N5. The number of fused-ring (bicyclic) bond motifs is 1. The van der Waals surface area contributed by atoms with Crippen LogP contribution in [0.2, 0.25) is 0 Å². The molecule has 106 valence electrons. The lowest BCUT2D eigenvalue weighted by atomic mass is 10.2. The van der Waals surface area contributed by atoms with Gasteiger partial charge in [-0.2, -0.15) is 0 Å². The van der Waals surface area contributed by atoms with E-state index in [2.05, 4.69) is 20.3 Å². The van der Waals surface area contributed by atoms with Crippen LogP contribution in [0.5, 0.6) is 0 Å². The maximum absolute atomic E-state index is 13.2. The molecule has 0 atom stereocenters. The van der Waals surface area contributed by atoms with Gasteiger partial charge < -0.3 is 11.1 Å². The predicted octanol–water partition coefficient (Wildman–Crippen LogP) is 2.94. The van der Waals surface area contributed by atoms with Gasteiger partial charge in [0.05, 0.1) is 11.2 Å². The number of rotatable bonds is 2. The number of benzene rings is 1. The molecule has 0 fully saturated rings. The molecule has 1 aromatic carbocycles. The average Bonchev–Trinajstić information content (AvgIpc) is 2.43. The van der Waals surface area contributed by atoms with Crippen LogP contribution in [0, 0.1) is 18.6 Å². The molecule has 0 saturated carbocycles. The van der Waals surface area contributed by atoms with E-state index in [-0.39, 0.29) is 5.95 Å². The molecule has 2 aromatic heterocycles. The molecule has 7 heteroatoms. The Balaban J connectivity index is 1.99. The van der Waals surface area contributed by atoms with Crippen molar-refractivity contribution in [3.8, 4) is 0 Å². The van der Waals surface area contributed by atoms with E-state index in [1.807, 2.05) is 0 Å². The molecule has 0 aliphatic heterocycles. The highest BCUT2D eigenvalue weighted by Crippen LogP contribution is 2.21. The monoisotopic (exact) mass is 287 g/mol. The molecule has 0 radical (unpaired) electrons. The Labute approximate surface area is 118 Å². The largest absolute Gasteiger partial charge is 0.368 e. The molecule has 3 N–H and O–H groups in total. The number of hydrogen-bond acceptors (Lipinski definition) is 5. The second kappa shape index (κ2) is 4.93. The van der Waals surface area contributed by atoms with Gasteiger partial charge in [-0.25, -0.2) is 23.7 Å². The van der Waals surface area contributed by atoms with E-state index in [0.717, 1.165) is 12.1 Å². The van der Waals surface area contributed by atoms with Gasteiger partial charge in [-0.05, 0) is 31.2 Å². The summed E-state index contributed by atoms with van der Waals surface area (Å²) in [6, 6.07) is 6.95. The number of nitrogens with one attached hydrogen (secondary N) is 1. The number of anilines is 3. The van der Waals surface area contributed by atoms with Crippen LogP contribution >= 0.6 is 0 Å². The van der Waals surface area contributed by atoms with Crippen LogP contribution in [0.1, 0.15) is 5.69 Å². The van der Waals surface area contributed by atoms with Crippen molar-refractivity contribution in [2.24, 2.45) is 0 Å². The minimum atomic E-state index is -0.923. The Morgan fingerprint density at radius 1 is 1.00 bits per heavy atom. The fraction of sp³-hybridized carbons (Fsp3) is 0.0714. The van der Waals surface area contributed by atoms with Gasteiger partial charge in [-0.15, -0.1) is 0 Å². The van der Waals surface area contributed by atoms with Crippen molar-refractivity contribution < 1.29 is 8.78 Å². The summed E-state index contributed by atoms with van der Waals surface area (Å²) in [5.41, 5.74) is 7.83. The Kier molecular flexibility index (Phi) is 3.09. The second-order valence-electron chi connectivity index (χ2n) is 4.49. The van der Waals surface area contributed by atoms with Crippen molar-refractivity contribution in [3.05, 3.63) is 47.7 Å². The molecule has 3 aromatic rings. The molecule has 0 aliphatic carbocycles. The number of nitrogens with two attached hydrogens (primary N) is 1. The van der Waals surface area contributed by atoms with Crippen LogP contribution in [0.15, 0.2) is 30.3 Å². The van der Waals surface area contributed by atoms with Gasteiger partial charge in [0, 0.05) is 11.8 Å². The van der Waals surface area contributed by atoms with E-state index < -0.39 is 11.6 Å². The molecule has 0 saturated heterocycles. The van der Waals surface area contributed by atoms with E-state index in [0.29, 0.717) is 28.2 Å². The summed E-state index contributed by atoms with van der Waals surface area (Å²) in [7, 11) is 0. The van der Waals surface area contributed by atoms with Crippen molar-refractivity contribution in [3.63, 3.8) is 0 Å². The summed E-state index contributed by atoms with van der Waals surface area (Å²) in [4.78, 5) is 12.5. The number of hydrogen-bond donors (Lipinski definition) is 2. The Morgan fingerprint density at radius 2 is 1.81 bits per heavy atom. The zero-order chi connectivity index (χ0) is 15.0. The molecule has 3 rings (SSSR count). The van der Waals surface area contributed by atoms with E-state index in [9.17, 15) is 8.78 Å². The summed E-state index contributed by atoms with van der Waals surface area (Å²) in [6.07, 6.45) is 0. The Hall–Kier alpha value is -2.83. The van der Waals surface area contributed by atoms with Crippen molar-refractivity contribution in [2.75, 3.05) is 11.1 Å². The molecule has 0 spiro atoms. The van der Waals surface area contributed by atoms with Crippen molar-refractivity contribution in [2.45, 2.75) is 6.92 Å². The number of pyridine rings is 1. The lowest BCUT2D eigenvalue weighted by Crippen LogP contribution is -2.01. The number of aromatic nitrogens is 3. The van der Waals surface area contributed by atoms with Gasteiger partial charge in [-0.1, -0.05) is 0 Å². The van der Waals surface area contributed by atoms with Gasteiger partial charge in [0.25, 0.3) is 0 Å². The Bertz CT molecular complexity index is 835. The molecule has 0 bridgehead atoms. The zero-order valence-corrected chi connectivity index (χ0v) is 11.1. The first-order valence-corrected chi connectivity index (χ1v) is 6.16. The molecule has 0 amide bonds. The normalized spacial score (nSPS) is 10.8. The fourth-order valence-corrected chi connectivity index (χ4v) is 1.97. The molecule has 2 heterocycles. The minimum Gasteiger partial charge on any atom is -0.368 e. The summed E-state index contributed by atoms with van der Waals surface area (Å²) < 4.78 is 26.1. The number of aryl methyl sites for hydroxylation is 1. The van der Waals surface area contributed by atoms with Gasteiger partial charge in [0.15, 0.2) is 11.6 Å². The van der Waals surface area contributed by atoms with Gasteiger partial charge in [0.2, 0.25) is 5.95 Å². The van der Waals surface area contributed by atoms with E-state index in [4.69, 9.17) is 5.73 Å². The van der Waals surface area contributed by atoms with Crippen LogP contribution in [0.25, 0.3) is 11.0 Å². The van der Waals surface area contributed by atoms with Crippen LogP contribution in [-0.2, 0) is 0 Å². The first-order chi connectivity index (χ1) is 10.0. The predicted molar refractivity (Wildman–Crippen MR) is 76.1 cm³/mol. The SMILES string of the molecule is Cc1nc(N)nc2ccc(Nc3ccc(F)c(F)c3)nc12. The zero-order valence-electron chi connectivity index (χ0n) is 11.1. The van der Waals surface area contributed by atoms with E-state index in [1.165, 1.54) is 6.07 Å². The minimum absolute atomic E-state index is 0.183. The van der Waals surface area contributed by atoms with Crippen molar-refractivity contribution in [1.82, 2.24) is 15.0 Å². The fourth-order valence-electron chi connectivity index (χ4n) is 1.97. The highest BCUT2D eigenvalue weighted by atomic mass is 19.2. The highest BCUT2D eigenvalue weighted by molar-refractivity contribution is 5.79. The van der Waals surface area contributed by atoms with E-state index in [1.54, 1.807) is 19.1 Å². The molecular weight excluding hydrogens is 276 g/mol. The lowest BCUT2D eigenvalue weighted by molar-refractivity contribution is 0.509. The second-order valence-corrected chi connectivity index (χ2v) is 4.49. The maximum atomic E-state index is 13.2. The van der Waals surface area contributed by atoms with Crippen LogP contribution in [0.4, 0.5) is 26.2 Å². The van der Waals surface area contributed by atoms with E-state index >= 15 is 0 Å². The molecule has 0 aliphatic rings. The number of nitrogens with zero attached hydrogens (tertiary/aromatic N) is 3. The first kappa shape index (κ1) is 13.2.